The molecule has 2 aromatic rings. The maximum atomic E-state index is 12.7. The van der Waals surface area contributed by atoms with Gasteiger partial charge in [-0.25, -0.2) is 0 Å². The zero-order valence-corrected chi connectivity index (χ0v) is 15.4. The Morgan fingerprint density at radius 1 is 1.37 bits per heavy atom. The summed E-state index contributed by atoms with van der Waals surface area (Å²) in [6.45, 7) is 1.14. The van der Waals surface area contributed by atoms with Crippen LogP contribution in [0.1, 0.15) is 49.0 Å². The van der Waals surface area contributed by atoms with Gasteiger partial charge < -0.3 is 14.3 Å². The number of hydrogen-bond acceptors (Lipinski definition) is 6. The minimum absolute atomic E-state index is 0.0146. The van der Waals surface area contributed by atoms with Gasteiger partial charge in [0.1, 0.15) is 0 Å². The molecule has 1 atom stereocenters. The molecule has 27 heavy (non-hydrogen) atoms. The molecule has 2 aromatic heterocycles. The predicted octanol–water partition coefficient (Wildman–Crippen LogP) is 1.74. The molecule has 8 nitrogen and oxygen atoms in total. The quantitative estimate of drug-likeness (QED) is 0.770. The molecule has 1 aliphatic carbocycles. The fraction of sp³-hybridized carbons (Fsp3) is 0.526. The molecule has 4 rings (SSSR count). The second kappa shape index (κ2) is 7.46. The molecule has 2 aliphatic rings. The molecule has 142 valence electrons. The van der Waals surface area contributed by atoms with Crippen LogP contribution in [-0.2, 0) is 22.7 Å². The minimum Gasteiger partial charge on any atom is -0.339 e. The summed E-state index contributed by atoms with van der Waals surface area (Å²) in [5.74, 6) is 1.14. The Morgan fingerprint density at radius 3 is 2.93 bits per heavy atom. The maximum absolute atomic E-state index is 12.7. The van der Waals surface area contributed by atoms with E-state index >= 15 is 0 Å². The molecule has 2 amide bonds. The average Bonchev–Trinajstić information content (AvgIpc) is 3.21. The van der Waals surface area contributed by atoms with Crippen molar-refractivity contribution in [3.63, 3.8) is 0 Å². The van der Waals surface area contributed by atoms with Crippen molar-refractivity contribution in [2.75, 3.05) is 13.6 Å². The Labute approximate surface area is 157 Å². The van der Waals surface area contributed by atoms with Gasteiger partial charge in [0.15, 0.2) is 5.82 Å². The molecule has 1 saturated heterocycles. The van der Waals surface area contributed by atoms with Gasteiger partial charge >= 0.3 is 0 Å². The Morgan fingerprint density at radius 2 is 2.22 bits per heavy atom. The van der Waals surface area contributed by atoms with Crippen molar-refractivity contribution < 1.29 is 14.1 Å². The Kier molecular flexibility index (Phi) is 4.87. The number of carbonyl (C=O) groups excluding carboxylic acids is 2. The van der Waals surface area contributed by atoms with Crippen LogP contribution in [0.3, 0.4) is 0 Å². The lowest BCUT2D eigenvalue weighted by Gasteiger charge is -2.21. The van der Waals surface area contributed by atoms with E-state index in [4.69, 9.17) is 4.52 Å². The van der Waals surface area contributed by atoms with Crippen LogP contribution in [0.4, 0.5) is 0 Å². The van der Waals surface area contributed by atoms with E-state index < -0.39 is 0 Å². The number of rotatable bonds is 6. The van der Waals surface area contributed by atoms with Gasteiger partial charge in [0.2, 0.25) is 17.7 Å². The molecular weight excluding hydrogens is 346 g/mol. The molecule has 0 radical (unpaired) electrons. The smallest absolute Gasteiger partial charge is 0.229 e. The van der Waals surface area contributed by atoms with Gasteiger partial charge in [-0.15, -0.1) is 0 Å². The Bertz CT molecular complexity index is 818. The van der Waals surface area contributed by atoms with Crippen LogP contribution in [0, 0.1) is 5.92 Å². The van der Waals surface area contributed by atoms with E-state index in [2.05, 4.69) is 15.1 Å². The first kappa shape index (κ1) is 17.6. The molecular formula is C19H23N5O3. The number of amides is 2. The fourth-order valence-electron chi connectivity index (χ4n) is 3.53. The summed E-state index contributed by atoms with van der Waals surface area (Å²) in [5, 5.41) is 3.99. The SMILES string of the molecule is CN(Cc1noc(C2CCC2)n1)C(=O)C1CC(=O)N(Cc2ccccn2)C1. The van der Waals surface area contributed by atoms with E-state index in [1.807, 2.05) is 18.2 Å². The number of pyridine rings is 1. The van der Waals surface area contributed by atoms with E-state index in [0.29, 0.717) is 37.3 Å². The zero-order chi connectivity index (χ0) is 18.8. The van der Waals surface area contributed by atoms with Crippen molar-refractivity contribution in [2.24, 2.45) is 5.92 Å². The summed E-state index contributed by atoms with van der Waals surface area (Å²) < 4.78 is 5.31. The van der Waals surface area contributed by atoms with Gasteiger partial charge in [0.05, 0.1) is 24.7 Å². The third-order valence-corrected chi connectivity index (χ3v) is 5.34. The van der Waals surface area contributed by atoms with Crippen LogP contribution < -0.4 is 0 Å². The van der Waals surface area contributed by atoms with E-state index in [-0.39, 0.29) is 24.2 Å². The van der Waals surface area contributed by atoms with Crippen LogP contribution in [0.25, 0.3) is 0 Å². The standard InChI is InChI=1S/C19H23N5O3/c1-23(12-16-21-18(27-22-16)13-5-4-6-13)19(26)14-9-17(25)24(10-14)11-15-7-2-3-8-20-15/h2-3,7-8,13-14H,4-6,9-12H2,1H3. The molecule has 1 unspecified atom stereocenters. The lowest BCUT2D eigenvalue weighted by Crippen LogP contribution is -2.34. The van der Waals surface area contributed by atoms with Gasteiger partial charge in [0.25, 0.3) is 0 Å². The van der Waals surface area contributed by atoms with Crippen molar-refractivity contribution in [3.8, 4) is 0 Å². The summed E-state index contributed by atoms with van der Waals surface area (Å²) >= 11 is 0. The van der Waals surface area contributed by atoms with Gasteiger partial charge in [-0.05, 0) is 25.0 Å². The summed E-state index contributed by atoms with van der Waals surface area (Å²) in [6, 6.07) is 5.61. The summed E-state index contributed by atoms with van der Waals surface area (Å²) in [6.07, 6.45) is 5.31. The number of hydrogen-bond donors (Lipinski definition) is 0. The monoisotopic (exact) mass is 369 g/mol. The highest BCUT2D eigenvalue weighted by molar-refractivity contribution is 5.89. The average molecular weight is 369 g/mol. The van der Waals surface area contributed by atoms with Crippen LogP contribution in [0.5, 0.6) is 0 Å². The second-order valence-electron chi connectivity index (χ2n) is 7.37. The van der Waals surface area contributed by atoms with Crippen LogP contribution >= 0.6 is 0 Å². The van der Waals surface area contributed by atoms with Crippen LogP contribution in [0.15, 0.2) is 28.9 Å². The molecule has 0 N–H and O–H groups in total. The third kappa shape index (κ3) is 3.84. The Hall–Kier alpha value is -2.77. The molecule has 1 aliphatic heterocycles. The first-order chi connectivity index (χ1) is 13.1. The first-order valence-electron chi connectivity index (χ1n) is 9.35. The van der Waals surface area contributed by atoms with Crippen LogP contribution in [-0.4, -0.2) is 50.3 Å². The molecule has 0 spiro atoms. The van der Waals surface area contributed by atoms with Crippen molar-refractivity contribution in [3.05, 3.63) is 41.8 Å². The van der Waals surface area contributed by atoms with Crippen molar-refractivity contribution >= 4 is 11.8 Å². The number of aromatic nitrogens is 3. The molecule has 0 aromatic carbocycles. The van der Waals surface area contributed by atoms with E-state index in [9.17, 15) is 9.59 Å². The van der Waals surface area contributed by atoms with Gasteiger partial charge in [0, 0.05) is 32.1 Å². The fourth-order valence-corrected chi connectivity index (χ4v) is 3.53. The lowest BCUT2D eigenvalue weighted by atomic mass is 9.85. The van der Waals surface area contributed by atoms with Gasteiger partial charge in [-0.3, -0.25) is 14.6 Å². The maximum Gasteiger partial charge on any atom is 0.229 e. The largest absolute Gasteiger partial charge is 0.339 e. The number of carbonyl (C=O) groups is 2. The van der Waals surface area contributed by atoms with Gasteiger partial charge in [-0.1, -0.05) is 17.6 Å². The van der Waals surface area contributed by atoms with E-state index in [1.165, 1.54) is 6.42 Å². The van der Waals surface area contributed by atoms with Crippen LogP contribution in [0.2, 0.25) is 0 Å². The highest BCUT2D eigenvalue weighted by atomic mass is 16.5. The topological polar surface area (TPSA) is 92.4 Å². The summed E-state index contributed by atoms with van der Waals surface area (Å²) in [5.41, 5.74) is 0.822. The predicted molar refractivity (Wildman–Crippen MR) is 95.1 cm³/mol. The molecule has 2 fully saturated rings. The highest BCUT2D eigenvalue weighted by Crippen LogP contribution is 2.35. The van der Waals surface area contributed by atoms with Crippen molar-refractivity contribution in [2.45, 2.75) is 44.7 Å². The van der Waals surface area contributed by atoms with Crippen molar-refractivity contribution in [1.82, 2.24) is 24.9 Å². The normalized spacial score (nSPS) is 20.0. The second-order valence-corrected chi connectivity index (χ2v) is 7.37. The highest BCUT2D eigenvalue weighted by Gasteiger charge is 2.36. The molecule has 1 saturated carbocycles. The first-order valence-corrected chi connectivity index (χ1v) is 9.35. The molecule has 8 heteroatoms. The van der Waals surface area contributed by atoms with Crippen molar-refractivity contribution in [1.29, 1.82) is 0 Å². The van der Waals surface area contributed by atoms with E-state index in [1.54, 1.807) is 23.0 Å². The Balaban J connectivity index is 1.33. The van der Waals surface area contributed by atoms with Gasteiger partial charge in [-0.2, -0.15) is 4.98 Å². The van der Waals surface area contributed by atoms with E-state index in [0.717, 1.165) is 18.5 Å². The number of likely N-dealkylation sites (tertiary alicyclic amines) is 1. The zero-order valence-electron chi connectivity index (χ0n) is 15.4. The number of nitrogens with zero attached hydrogens (tertiary/aromatic N) is 5. The lowest BCUT2D eigenvalue weighted by molar-refractivity contribution is -0.135. The summed E-state index contributed by atoms with van der Waals surface area (Å²) in [4.78, 5) is 37.0. The minimum atomic E-state index is -0.343. The molecule has 3 heterocycles. The molecule has 0 bridgehead atoms. The third-order valence-electron chi connectivity index (χ3n) is 5.34. The summed E-state index contributed by atoms with van der Waals surface area (Å²) in [7, 11) is 1.72.